The first kappa shape index (κ1) is 20.2. The van der Waals surface area contributed by atoms with Crippen molar-refractivity contribution in [3.63, 3.8) is 0 Å². The number of nitrogens with one attached hydrogen (secondary N) is 1. The van der Waals surface area contributed by atoms with Gasteiger partial charge in [0, 0.05) is 30.6 Å². The standard InChI is InChI=1S/C19H33N3O2S/c1-15(17-13-25-14-21-17)20-11-12-22(18(23)24-19(2,3)4)16-9-7-5-6-8-10-16/h13-16,20H,5-12H2,1-4H3. The molecule has 6 heteroatoms. The summed E-state index contributed by atoms with van der Waals surface area (Å²) in [6.45, 7) is 9.32. The molecule has 2 rings (SSSR count). The van der Waals surface area contributed by atoms with Crippen molar-refractivity contribution in [2.45, 2.75) is 83.9 Å². The minimum Gasteiger partial charge on any atom is -0.444 e. The second-order valence-corrected chi connectivity index (χ2v) is 8.63. The number of amides is 1. The Balaban J connectivity index is 1.94. The van der Waals surface area contributed by atoms with Crippen LogP contribution in [0.3, 0.4) is 0 Å². The van der Waals surface area contributed by atoms with Gasteiger partial charge in [-0.05, 0) is 40.5 Å². The highest BCUT2D eigenvalue weighted by Gasteiger charge is 2.28. The van der Waals surface area contributed by atoms with Crippen LogP contribution in [0.4, 0.5) is 4.79 Å². The maximum atomic E-state index is 12.7. The lowest BCUT2D eigenvalue weighted by Crippen LogP contribution is -2.46. The van der Waals surface area contributed by atoms with Gasteiger partial charge in [-0.3, -0.25) is 0 Å². The summed E-state index contributed by atoms with van der Waals surface area (Å²) in [5.74, 6) is 0. The van der Waals surface area contributed by atoms with Gasteiger partial charge in [-0.25, -0.2) is 9.78 Å². The Bertz CT molecular complexity index is 505. The number of carbonyl (C=O) groups excluding carboxylic acids is 1. The molecule has 1 aromatic heterocycles. The van der Waals surface area contributed by atoms with Gasteiger partial charge in [-0.2, -0.15) is 0 Å². The first-order valence-electron chi connectivity index (χ1n) is 9.48. The molecule has 1 heterocycles. The Morgan fingerprint density at radius 2 is 2.04 bits per heavy atom. The van der Waals surface area contributed by atoms with E-state index in [0.29, 0.717) is 12.6 Å². The third-order valence-corrected chi connectivity index (χ3v) is 5.20. The van der Waals surface area contributed by atoms with Crippen molar-refractivity contribution in [2.75, 3.05) is 13.1 Å². The summed E-state index contributed by atoms with van der Waals surface area (Å²) in [5, 5.41) is 5.55. The molecule has 1 unspecified atom stereocenters. The first-order chi connectivity index (χ1) is 11.9. The number of hydrogen-bond donors (Lipinski definition) is 1. The Labute approximate surface area is 156 Å². The average molecular weight is 368 g/mol. The van der Waals surface area contributed by atoms with E-state index in [2.05, 4.69) is 22.6 Å². The first-order valence-corrected chi connectivity index (χ1v) is 10.4. The third kappa shape index (κ3) is 6.94. The fourth-order valence-electron chi connectivity index (χ4n) is 3.25. The molecule has 0 saturated heterocycles. The van der Waals surface area contributed by atoms with E-state index in [1.54, 1.807) is 11.3 Å². The summed E-state index contributed by atoms with van der Waals surface area (Å²) in [6, 6.07) is 0.495. The van der Waals surface area contributed by atoms with Crippen molar-refractivity contribution in [3.8, 4) is 0 Å². The van der Waals surface area contributed by atoms with Crippen LogP contribution in [0.25, 0.3) is 0 Å². The van der Waals surface area contributed by atoms with Gasteiger partial charge in [0.15, 0.2) is 0 Å². The molecule has 25 heavy (non-hydrogen) atoms. The predicted octanol–water partition coefficient (Wildman–Crippen LogP) is 4.75. The van der Waals surface area contributed by atoms with Crippen molar-refractivity contribution in [2.24, 2.45) is 0 Å². The molecule has 1 aliphatic carbocycles. The molecule has 0 spiro atoms. The largest absolute Gasteiger partial charge is 0.444 e. The van der Waals surface area contributed by atoms with Crippen LogP contribution in [-0.4, -0.2) is 40.7 Å². The van der Waals surface area contributed by atoms with E-state index >= 15 is 0 Å². The van der Waals surface area contributed by atoms with Crippen molar-refractivity contribution in [1.82, 2.24) is 15.2 Å². The molecular formula is C19H33N3O2S. The van der Waals surface area contributed by atoms with Crippen LogP contribution in [0.1, 0.15) is 78.0 Å². The number of hydrogen-bond acceptors (Lipinski definition) is 5. The quantitative estimate of drug-likeness (QED) is 0.737. The molecule has 0 aromatic carbocycles. The summed E-state index contributed by atoms with van der Waals surface area (Å²) in [6.07, 6.45) is 6.94. The van der Waals surface area contributed by atoms with Gasteiger partial charge in [-0.1, -0.05) is 25.7 Å². The lowest BCUT2D eigenvalue weighted by atomic mass is 10.1. The Morgan fingerprint density at radius 3 is 2.60 bits per heavy atom. The fraction of sp³-hybridized carbons (Fsp3) is 0.789. The minimum absolute atomic E-state index is 0.178. The van der Waals surface area contributed by atoms with Crippen LogP contribution in [0.5, 0.6) is 0 Å². The highest BCUT2D eigenvalue weighted by atomic mass is 32.1. The highest BCUT2D eigenvalue weighted by molar-refractivity contribution is 7.07. The van der Waals surface area contributed by atoms with Crippen LogP contribution >= 0.6 is 11.3 Å². The molecular weight excluding hydrogens is 334 g/mol. The summed E-state index contributed by atoms with van der Waals surface area (Å²) >= 11 is 1.61. The Morgan fingerprint density at radius 1 is 1.36 bits per heavy atom. The molecule has 1 saturated carbocycles. The zero-order chi connectivity index (χ0) is 18.3. The van der Waals surface area contributed by atoms with Crippen molar-refractivity contribution >= 4 is 17.4 Å². The number of aromatic nitrogens is 1. The molecule has 1 fully saturated rings. The van der Waals surface area contributed by atoms with E-state index in [1.165, 1.54) is 25.7 Å². The molecule has 142 valence electrons. The highest BCUT2D eigenvalue weighted by Crippen LogP contribution is 2.23. The maximum absolute atomic E-state index is 12.7. The van der Waals surface area contributed by atoms with Gasteiger partial charge < -0.3 is 15.0 Å². The van der Waals surface area contributed by atoms with E-state index in [0.717, 1.165) is 25.1 Å². The molecule has 1 N–H and O–H groups in total. The second kappa shape index (κ2) is 9.53. The van der Waals surface area contributed by atoms with Crippen molar-refractivity contribution < 1.29 is 9.53 Å². The second-order valence-electron chi connectivity index (χ2n) is 7.91. The average Bonchev–Trinajstić information content (AvgIpc) is 2.93. The molecule has 0 bridgehead atoms. The fourth-order valence-corrected chi connectivity index (χ4v) is 3.90. The van der Waals surface area contributed by atoms with E-state index in [-0.39, 0.29) is 12.1 Å². The number of carbonyl (C=O) groups is 1. The monoisotopic (exact) mass is 367 g/mol. The summed E-state index contributed by atoms with van der Waals surface area (Å²) in [7, 11) is 0. The molecule has 0 aliphatic heterocycles. The van der Waals surface area contributed by atoms with Crippen LogP contribution in [0.2, 0.25) is 0 Å². The summed E-state index contributed by atoms with van der Waals surface area (Å²) < 4.78 is 5.67. The summed E-state index contributed by atoms with van der Waals surface area (Å²) in [4.78, 5) is 19.0. The molecule has 1 aliphatic rings. The normalized spacial score (nSPS) is 17.8. The van der Waals surface area contributed by atoms with Crippen LogP contribution in [-0.2, 0) is 4.74 Å². The van der Waals surface area contributed by atoms with Crippen LogP contribution in [0.15, 0.2) is 10.9 Å². The van der Waals surface area contributed by atoms with E-state index < -0.39 is 5.60 Å². The van der Waals surface area contributed by atoms with Crippen molar-refractivity contribution in [3.05, 3.63) is 16.6 Å². The lowest BCUT2D eigenvalue weighted by molar-refractivity contribution is 0.0146. The van der Waals surface area contributed by atoms with Crippen LogP contribution < -0.4 is 5.32 Å². The molecule has 1 atom stereocenters. The lowest BCUT2D eigenvalue weighted by Gasteiger charge is -2.33. The van der Waals surface area contributed by atoms with Crippen LogP contribution in [0, 0.1) is 0 Å². The molecule has 0 radical (unpaired) electrons. The zero-order valence-corrected chi connectivity index (χ0v) is 16.9. The van der Waals surface area contributed by atoms with Gasteiger partial charge in [0.2, 0.25) is 0 Å². The van der Waals surface area contributed by atoms with Gasteiger partial charge in [0.25, 0.3) is 0 Å². The third-order valence-electron chi connectivity index (χ3n) is 4.59. The smallest absolute Gasteiger partial charge is 0.410 e. The predicted molar refractivity (Wildman–Crippen MR) is 103 cm³/mol. The van der Waals surface area contributed by atoms with E-state index in [9.17, 15) is 4.79 Å². The van der Waals surface area contributed by atoms with Gasteiger partial charge in [0.1, 0.15) is 5.60 Å². The van der Waals surface area contributed by atoms with Crippen molar-refractivity contribution in [1.29, 1.82) is 0 Å². The molecule has 1 aromatic rings. The van der Waals surface area contributed by atoms with E-state index in [1.807, 2.05) is 31.2 Å². The number of thiazole rings is 1. The molecule has 5 nitrogen and oxygen atoms in total. The van der Waals surface area contributed by atoms with Gasteiger partial charge in [-0.15, -0.1) is 11.3 Å². The van der Waals surface area contributed by atoms with Gasteiger partial charge >= 0.3 is 6.09 Å². The zero-order valence-electron chi connectivity index (χ0n) is 16.1. The molecule has 1 amide bonds. The SMILES string of the molecule is CC(NCCN(C(=O)OC(C)(C)C)C1CCCCCC1)c1cscn1. The number of rotatable bonds is 6. The minimum atomic E-state index is -0.457. The van der Waals surface area contributed by atoms with Gasteiger partial charge in [0.05, 0.1) is 11.2 Å². The topological polar surface area (TPSA) is 54.5 Å². The Kier molecular flexibility index (Phi) is 7.69. The summed E-state index contributed by atoms with van der Waals surface area (Å²) in [5.41, 5.74) is 2.45. The number of nitrogens with zero attached hydrogens (tertiary/aromatic N) is 2. The van der Waals surface area contributed by atoms with E-state index in [4.69, 9.17) is 4.74 Å². The number of ether oxygens (including phenoxy) is 1. The Hall–Kier alpha value is -1.14. The maximum Gasteiger partial charge on any atom is 0.410 e.